The summed E-state index contributed by atoms with van der Waals surface area (Å²) in [5, 5.41) is 0. The summed E-state index contributed by atoms with van der Waals surface area (Å²) >= 11 is 0. The second-order valence-electron chi connectivity index (χ2n) is 5.09. The topological polar surface area (TPSA) is 69.7 Å². The first kappa shape index (κ1) is 16.1. The molecule has 1 rings (SSSR count). The van der Waals surface area contributed by atoms with Crippen LogP contribution in [0.2, 0.25) is 0 Å². The van der Waals surface area contributed by atoms with E-state index in [1.54, 1.807) is 6.08 Å². The number of rotatable bonds is 5. The van der Waals surface area contributed by atoms with Gasteiger partial charge in [0, 0.05) is 17.9 Å². The highest BCUT2D eigenvalue weighted by Crippen LogP contribution is 2.62. The van der Waals surface area contributed by atoms with Crippen molar-refractivity contribution in [1.82, 2.24) is 0 Å². The molecule has 0 spiro atoms. The number of ether oxygens (including phenoxy) is 2. The highest BCUT2D eigenvalue weighted by Gasteiger charge is 2.71. The van der Waals surface area contributed by atoms with Crippen LogP contribution in [0, 0.1) is 17.3 Å². The van der Waals surface area contributed by atoms with Gasteiger partial charge in [-0.05, 0) is 20.8 Å². The molecule has 5 nitrogen and oxygen atoms in total. The van der Waals surface area contributed by atoms with Crippen LogP contribution in [0.1, 0.15) is 20.8 Å². The lowest BCUT2D eigenvalue weighted by atomic mass is 9.96. The quantitative estimate of drug-likeness (QED) is 0.331. The number of esters is 2. The van der Waals surface area contributed by atoms with Crippen molar-refractivity contribution in [3.05, 3.63) is 23.8 Å². The summed E-state index contributed by atoms with van der Waals surface area (Å²) in [4.78, 5) is 35.2. The zero-order valence-electron chi connectivity index (χ0n) is 12.4. The number of methoxy groups -OCH3 is 2. The highest BCUT2D eigenvalue weighted by atomic mass is 16.5. The van der Waals surface area contributed by atoms with E-state index in [2.05, 4.69) is 4.74 Å². The van der Waals surface area contributed by atoms with Gasteiger partial charge >= 0.3 is 11.9 Å². The van der Waals surface area contributed by atoms with Crippen LogP contribution in [-0.2, 0) is 23.9 Å². The van der Waals surface area contributed by atoms with E-state index in [0.717, 1.165) is 5.57 Å². The van der Waals surface area contributed by atoms with Crippen molar-refractivity contribution in [3.8, 4) is 0 Å². The molecule has 0 heterocycles. The third-order valence-corrected chi connectivity index (χ3v) is 3.59. The average molecular weight is 280 g/mol. The molecule has 110 valence electrons. The fourth-order valence-corrected chi connectivity index (χ4v) is 2.61. The molecule has 1 saturated carbocycles. The van der Waals surface area contributed by atoms with Crippen molar-refractivity contribution in [1.29, 1.82) is 0 Å². The number of hydrogen-bond acceptors (Lipinski definition) is 5. The summed E-state index contributed by atoms with van der Waals surface area (Å²) in [6.07, 6.45) is 4.66. The molecular formula is C15H20O5. The summed E-state index contributed by atoms with van der Waals surface area (Å²) < 4.78 is 9.29. The van der Waals surface area contributed by atoms with Gasteiger partial charge in [0.05, 0.1) is 14.2 Å². The lowest BCUT2D eigenvalue weighted by molar-refractivity contribution is -0.152. The Morgan fingerprint density at radius 2 is 1.60 bits per heavy atom. The second-order valence-corrected chi connectivity index (χ2v) is 5.09. The van der Waals surface area contributed by atoms with E-state index >= 15 is 0 Å². The number of Topliss-reactive ketones (excluding diaryl/α,β-unsaturated/α-hetero) is 1. The molecular weight excluding hydrogens is 260 g/mol. The Bertz CT molecular complexity index is 484. The largest absolute Gasteiger partial charge is 0.468 e. The van der Waals surface area contributed by atoms with Gasteiger partial charge < -0.3 is 9.47 Å². The predicted molar refractivity (Wildman–Crippen MR) is 72.7 cm³/mol. The summed E-state index contributed by atoms with van der Waals surface area (Å²) in [5.74, 6) is -1.99. The first-order chi connectivity index (χ1) is 9.32. The number of carbonyl (C=O) groups is 3. The smallest absolute Gasteiger partial charge is 0.330 e. The molecule has 3 atom stereocenters. The van der Waals surface area contributed by atoms with Gasteiger partial charge in [0.15, 0.2) is 0 Å². The van der Waals surface area contributed by atoms with Crippen molar-refractivity contribution in [3.63, 3.8) is 0 Å². The van der Waals surface area contributed by atoms with E-state index in [9.17, 15) is 14.4 Å². The fourth-order valence-electron chi connectivity index (χ4n) is 2.61. The van der Waals surface area contributed by atoms with E-state index in [1.807, 2.05) is 19.9 Å². The lowest BCUT2D eigenvalue weighted by Gasteiger charge is -2.10. The Kier molecular flexibility index (Phi) is 4.87. The van der Waals surface area contributed by atoms with Crippen LogP contribution < -0.4 is 0 Å². The van der Waals surface area contributed by atoms with Gasteiger partial charge in [0.1, 0.15) is 11.2 Å². The van der Waals surface area contributed by atoms with Crippen LogP contribution in [0.25, 0.3) is 0 Å². The van der Waals surface area contributed by atoms with Crippen LogP contribution in [0.5, 0.6) is 0 Å². The Morgan fingerprint density at radius 3 is 2.00 bits per heavy atom. The van der Waals surface area contributed by atoms with E-state index < -0.39 is 17.4 Å². The molecule has 0 amide bonds. The summed E-state index contributed by atoms with van der Waals surface area (Å²) in [6.45, 7) is 5.15. The molecule has 1 fully saturated rings. The van der Waals surface area contributed by atoms with E-state index in [1.165, 1.54) is 27.2 Å². The number of carbonyl (C=O) groups excluding carboxylic acids is 3. The van der Waals surface area contributed by atoms with Crippen molar-refractivity contribution in [2.24, 2.45) is 17.3 Å². The summed E-state index contributed by atoms with van der Waals surface area (Å²) in [6, 6.07) is 0. The molecule has 0 radical (unpaired) electrons. The van der Waals surface area contributed by atoms with Crippen molar-refractivity contribution < 1.29 is 23.9 Å². The maximum atomic E-state index is 12.0. The molecule has 1 aliphatic rings. The maximum absolute atomic E-state index is 12.0. The average Bonchev–Trinajstić information content (AvgIpc) is 3.02. The molecule has 0 bridgehead atoms. The van der Waals surface area contributed by atoms with Crippen molar-refractivity contribution in [2.45, 2.75) is 20.8 Å². The van der Waals surface area contributed by atoms with Crippen LogP contribution in [0.15, 0.2) is 23.8 Å². The molecule has 0 aliphatic heterocycles. The Labute approximate surface area is 118 Å². The first-order valence-electron chi connectivity index (χ1n) is 6.33. The van der Waals surface area contributed by atoms with Gasteiger partial charge in [-0.1, -0.05) is 17.7 Å². The Hall–Kier alpha value is -1.91. The second kappa shape index (κ2) is 6.03. The van der Waals surface area contributed by atoms with Gasteiger partial charge in [-0.25, -0.2) is 4.79 Å². The zero-order valence-corrected chi connectivity index (χ0v) is 12.4. The zero-order chi connectivity index (χ0) is 15.5. The molecule has 0 aromatic carbocycles. The summed E-state index contributed by atoms with van der Waals surface area (Å²) in [7, 11) is 2.53. The van der Waals surface area contributed by atoms with Crippen LogP contribution in [0.3, 0.4) is 0 Å². The molecule has 1 unspecified atom stereocenters. The Balaban J connectivity index is 3.16. The molecule has 0 aromatic rings. The van der Waals surface area contributed by atoms with E-state index in [4.69, 9.17) is 4.74 Å². The predicted octanol–water partition coefficient (Wildman–Crippen LogP) is 1.68. The molecule has 0 N–H and O–H groups in total. The van der Waals surface area contributed by atoms with Gasteiger partial charge in [-0.3, -0.25) is 9.59 Å². The monoisotopic (exact) mass is 280 g/mol. The standard InChI is InChI=1S/C15H20O5/c1-9(2)8-12-11(6-7-13(17)19-4)15(12,10(3)16)14(18)20-5/h6-8,11-12H,1-5H3/b7-6+/t11-,12-,15?/m0/s1. The maximum Gasteiger partial charge on any atom is 0.330 e. The first-order valence-corrected chi connectivity index (χ1v) is 6.33. The van der Waals surface area contributed by atoms with Gasteiger partial charge in [-0.15, -0.1) is 0 Å². The highest BCUT2D eigenvalue weighted by molar-refractivity contribution is 6.08. The van der Waals surface area contributed by atoms with Crippen molar-refractivity contribution >= 4 is 17.7 Å². The molecule has 0 aromatic heterocycles. The van der Waals surface area contributed by atoms with Crippen LogP contribution >= 0.6 is 0 Å². The summed E-state index contributed by atoms with van der Waals surface area (Å²) in [5.41, 5.74) is -0.213. The number of hydrogen-bond donors (Lipinski definition) is 0. The Morgan fingerprint density at radius 1 is 1.00 bits per heavy atom. The van der Waals surface area contributed by atoms with E-state index in [-0.39, 0.29) is 17.6 Å². The molecule has 1 aliphatic carbocycles. The van der Waals surface area contributed by atoms with Crippen molar-refractivity contribution in [2.75, 3.05) is 14.2 Å². The van der Waals surface area contributed by atoms with Crippen LogP contribution in [-0.4, -0.2) is 31.9 Å². The normalized spacial score (nSPS) is 27.9. The minimum Gasteiger partial charge on any atom is -0.468 e. The molecule has 0 saturated heterocycles. The fraction of sp³-hybridized carbons (Fsp3) is 0.533. The minimum atomic E-state index is -1.21. The number of allylic oxidation sites excluding steroid dienone is 3. The van der Waals surface area contributed by atoms with Crippen LogP contribution in [0.4, 0.5) is 0 Å². The van der Waals surface area contributed by atoms with Gasteiger partial charge in [-0.2, -0.15) is 0 Å². The molecule has 5 heteroatoms. The molecule has 20 heavy (non-hydrogen) atoms. The van der Waals surface area contributed by atoms with E-state index in [0.29, 0.717) is 0 Å². The van der Waals surface area contributed by atoms with Gasteiger partial charge in [0.2, 0.25) is 0 Å². The number of ketones is 1. The van der Waals surface area contributed by atoms with Gasteiger partial charge in [0.25, 0.3) is 0 Å². The lowest BCUT2D eigenvalue weighted by Crippen LogP contribution is -2.28. The SMILES string of the molecule is COC(=O)/C=C/[C@H]1[C@H](C=C(C)C)C1(C(C)=O)C(=O)OC. The third-order valence-electron chi connectivity index (χ3n) is 3.59. The minimum absolute atomic E-state index is 0.258. The third kappa shape index (κ3) is 2.66.